The number of benzene rings is 1. The third kappa shape index (κ3) is 4.00. The number of ether oxygens (including phenoxy) is 1. The van der Waals surface area contributed by atoms with Gasteiger partial charge in [-0.15, -0.1) is 0 Å². The second kappa shape index (κ2) is 7.16. The summed E-state index contributed by atoms with van der Waals surface area (Å²) < 4.78 is 8.10. The van der Waals surface area contributed by atoms with E-state index in [2.05, 4.69) is 42.1 Å². The number of aromatic nitrogens is 2. The van der Waals surface area contributed by atoms with E-state index >= 15 is 0 Å². The van der Waals surface area contributed by atoms with Crippen molar-refractivity contribution in [3.05, 3.63) is 34.9 Å². The second-order valence-electron chi connectivity index (χ2n) is 10.6. The number of fused-ring (bicyclic) bond motifs is 1. The lowest BCUT2D eigenvalue weighted by molar-refractivity contribution is -0.0270. The molecule has 7 heteroatoms. The largest absolute Gasteiger partial charge is 0.441 e. The molecule has 160 valence electrons. The Morgan fingerprint density at radius 2 is 2.10 bits per heavy atom. The molecule has 2 fully saturated rings. The summed E-state index contributed by atoms with van der Waals surface area (Å²) in [5, 5.41) is 0.505. The lowest BCUT2D eigenvalue weighted by Crippen LogP contribution is -2.45. The minimum Gasteiger partial charge on any atom is -0.441 e. The van der Waals surface area contributed by atoms with E-state index in [0.717, 1.165) is 43.3 Å². The fourth-order valence-corrected chi connectivity index (χ4v) is 5.50. The van der Waals surface area contributed by atoms with Crippen LogP contribution in [0.3, 0.4) is 0 Å². The number of imidazole rings is 1. The molecule has 0 N–H and O–H groups in total. The van der Waals surface area contributed by atoms with Gasteiger partial charge in [0.05, 0.1) is 30.0 Å². The lowest BCUT2D eigenvalue weighted by atomic mass is 9.68. The number of rotatable bonds is 3. The molecule has 1 saturated carbocycles. The summed E-state index contributed by atoms with van der Waals surface area (Å²) in [5.41, 5.74) is 1.71. The van der Waals surface area contributed by atoms with E-state index in [1.54, 1.807) is 6.07 Å². The molecule has 30 heavy (non-hydrogen) atoms. The zero-order valence-electron chi connectivity index (χ0n) is 18.2. The van der Waals surface area contributed by atoms with Crippen LogP contribution in [-0.4, -0.2) is 39.2 Å². The number of halogens is 1. The first-order valence-corrected chi connectivity index (χ1v) is 10.9. The van der Waals surface area contributed by atoms with Crippen molar-refractivity contribution in [2.24, 2.45) is 10.8 Å². The van der Waals surface area contributed by atoms with Crippen LogP contribution < -0.4 is 0 Å². The lowest BCUT2D eigenvalue weighted by Gasteiger charge is -2.43. The first-order valence-electron chi connectivity index (χ1n) is 10.5. The van der Waals surface area contributed by atoms with Crippen LogP contribution in [0.2, 0.25) is 5.02 Å². The molecule has 2 aliphatic rings. The summed E-state index contributed by atoms with van der Waals surface area (Å²) in [6.45, 7) is 18.1. The Balaban J connectivity index is 1.57. The molecular weight excluding hydrogens is 400 g/mol. The number of nitrogens with zero attached hydrogens (tertiary/aromatic N) is 4. The molecule has 0 unspecified atom stereocenters. The summed E-state index contributed by atoms with van der Waals surface area (Å²) in [6.07, 6.45) is 5.43. The number of hydrogen-bond acceptors (Lipinski definition) is 3. The average Bonchev–Trinajstić information content (AvgIpc) is 3.14. The van der Waals surface area contributed by atoms with Gasteiger partial charge in [0.25, 0.3) is 0 Å². The highest BCUT2D eigenvalue weighted by atomic mass is 35.5. The molecule has 0 radical (unpaired) electrons. The van der Waals surface area contributed by atoms with Crippen molar-refractivity contribution in [3.8, 4) is 0 Å². The van der Waals surface area contributed by atoms with E-state index in [-0.39, 0.29) is 16.9 Å². The highest BCUT2D eigenvalue weighted by molar-refractivity contribution is 6.35. The van der Waals surface area contributed by atoms with Crippen LogP contribution in [-0.2, 0) is 11.3 Å². The van der Waals surface area contributed by atoms with Crippen LogP contribution in [0.1, 0.15) is 53.4 Å². The van der Waals surface area contributed by atoms with Crippen LogP contribution >= 0.6 is 11.6 Å². The second-order valence-corrected chi connectivity index (χ2v) is 11.0. The SMILES string of the molecule is [C-]#[N+]c1cc(Cl)c2ncn(C[C@@]3(C)CCC[C@@]4(CN(CC(C)(C)C)C(=O)O4)C3)c2c1. The van der Waals surface area contributed by atoms with Crippen LogP contribution in [0.25, 0.3) is 15.9 Å². The van der Waals surface area contributed by atoms with Gasteiger partial charge >= 0.3 is 6.09 Å². The number of carbonyl (C=O) groups is 1. The Bertz CT molecular complexity index is 1030. The fourth-order valence-electron chi connectivity index (χ4n) is 5.25. The third-order valence-electron chi connectivity index (χ3n) is 6.21. The van der Waals surface area contributed by atoms with E-state index in [0.29, 0.717) is 23.8 Å². The Morgan fingerprint density at radius 1 is 1.33 bits per heavy atom. The Morgan fingerprint density at radius 3 is 2.80 bits per heavy atom. The van der Waals surface area contributed by atoms with Crippen LogP contribution in [0.5, 0.6) is 0 Å². The molecule has 1 amide bonds. The van der Waals surface area contributed by atoms with Gasteiger partial charge in [0, 0.05) is 13.1 Å². The quantitative estimate of drug-likeness (QED) is 0.558. The van der Waals surface area contributed by atoms with E-state index in [1.165, 1.54) is 0 Å². The minimum absolute atomic E-state index is 0.0372. The van der Waals surface area contributed by atoms with Gasteiger partial charge in [-0.1, -0.05) is 39.3 Å². The maximum Gasteiger partial charge on any atom is 0.410 e. The van der Waals surface area contributed by atoms with Crippen LogP contribution in [0, 0.1) is 17.4 Å². The van der Waals surface area contributed by atoms with Gasteiger partial charge < -0.3 is 14.2 Å². The molecule has 2 aromatic rings. The van der Waals surface area contributed by atoms with Gasteiger partial charge in [-0.2, -0.15) is 0 Å². The summed E-state index contributed by atoms with van der Waals surface area (Å²) >= 11 is 6.33. The van der Waals surface area contributed by atoms with Crippen molar-refractivity contribution < 1.29 is 9.53 Å². The Kier molecular flexibility index (Phi) is 5.01. The standard InChI is InChI=1S/C23H29ClN4O2/c1-21(2,3)12-27-14-23(30-20(27)29)8-6-7-22(4,11-23)13-28-15-26-19-17(24)9-16(25-5)10-18(19)28/h9-10,15H,6-8,11-14H2,1-4H3/t22-,23-/m0/s1. The molecule has 6 nitrogen and oxygen atoms in total. The normalized spacial score (nSPS) is 26.9. The van der Waals surface area contributed by atoms with Gasteiger partial charge in [0.15, 0.2) is 5.69 Å². The Hall–Kier alpha value is -2.26. The number of hydrogen-bond donors (Lipinski definition) is 0. The van der Waals surface area contributed by atoms with Crippen molar-refractivity contribution >= 4 is 34.4 Å². The first kappa shape index (κ1) is 21.0. The maximum atomic E-state index is 12.6. The van der Waals surface area contributed by atoms with Crippen LogP contribution in [0.15, 0.2) is 18.5 Å². The predicted molar refractivity (Wildman–Crippen MR) is 118 cm³/mol. The molecular formula is C23H29ClN4O2. The van der Waals surface area contributed by atoms with Crippen molar-refractivity contribution in [1.82, 2.24) is 14.5 Å². The molecule has 1 aromatic carbocycles. The summed E-state index contributed by atoms with van der Waals surface area (Å²) in [7, 11) is 0. The van der Waals surface area contributed by atoms with Gasteiger partial charge in [-0.25, -0.2) is 14.6 Å². The molecule has 2 heterocycles. The van der Waals surface area contributed by atoms with Gasteiger partial charge in [0.1, 0.15) is 11.1 Å². The summed E-state index contributed by atoms with van der Waals surface area (Å²) in [6, 6.07) is 3.51. The highest BCUT2D eigenvalue weighted by Gasteiger charge is 2.51. The van der Waals surface area contributed by atoms with Crippen LogP contribution in [0.4, 0.5) is 10.5 Å². The number of amides is 1. The fraction of sp³-hybridized carbons (Fsp3) is 0.609. The molecule has 1 aromatic heterocycles. The van der Waals surface area contributed by atoms with E-state index in [1.807, 2.05) is 17.3 Å². The van der Waals surface area contributed by atoms with E-state index < -0.39 is 5.60 Å². The molecule has 1 saturated heterocycles. The average molecular weight is 429 g/mol. The molecule has 2 atom stereocenters. The smallest absolute Gasteiger partial charge is 0.410 e. The van der Waals surface area contributed by atoms with Crippen molar-refractivity contribution in [2.45, 2.75) is 65.5 Å². The zero-order chi connectivity index (χ0) is 21.7. The first-order chi connectivity index (χ1) is 14.0. The highest BCUT2D eigenvalue weighted by Crippen LogP contribution is 2.47. The molecule has 4 rings (SSSR count). The maximum absolute atomic E-state index is 12.6. The molecule has 1 aliphatic carbocycles. The Labute approximate surface area is 183 Å². The molecule has 0 bridgehead atoms. The van der Waals surface area contributed by atoms with E-state index in [4.69, 9.17) is 22.9 Å². The van der Waals surface area contributed by atoms with Crippen molar-refractivity contribution in [3.63, 3.8) is 0 Å². The molecule has 1 aliphatic heterocycles. The van der Waals surface area contributed by atoms with Gasteiger partial charge in [0.2, 0.25) is 0 Å². The zero-order valence-corrected chi connectivity index (χ0v) is 18.9. The predicted octanol–water partition coefficient (Wildman–Crippen LogP) is 6.06. The van der Waals surface area contributed by atoms with Crippen molar-refractivity contribution in [1.29, 1.82) is 0 Å². The van der Waals surface area contributed by atoms with Gasteiger partial charge in [-0.3, -0.25) is 0 Å². The number of carbonyl (C=O) groups excluding carboxylic acids is 1. The third-order valence-corrected chi connectivity index (χ3v) is 6.50. The monoisotopic (exact) mass is 428 g/mol. The summed E-state index contributed by atoms with van der Waals surface area (Å²) in [5.74, 6) is 0. The topological polar surface area (TPSA) is 51.7 Å². The molecule has 1 spiro atoms. The summed E-state index contributed by atoms with van der Waals surface area (Å²) in [4.78, 5) is 22.5. The van der Waals surface area contributed by atoms with E-state index in [9.17, 15) is 4.79 Å². The van der Waals surface area contributed by atoms with Crippen molar-refractivity contribution in [2.75, 3.05) is 13.1 Å². The van der Waals surface area contributed by atoms with Gasteiger partial charge in [-0.05, 0) is 48.6 Å². The minimum atomic E-state index is -0.412.